The summed E-state index contributed by atoms with van der Waals surface area (Å²) in [5.41, 5.74) is 3.59. The van der Waals surface area contributed by atoms with Crippen molar-refractivity contribution in [3.8, 4) is 0 Å². The molecule has 22 heavy (non-hydrogen) atoms. The van der Waals surface area contributed by atoms with Gasteiger partial charge in [0, 0.05) is 25.1 Å². The molecule has 2 aromatic rings. The molecule has 1 fully saturated rings. The van der Waals surface area contributed by atoms with E-state index in [2.05, 4.69) is 29.2 Å². The molecular formula is C17H20N2O2S. The zero-order chi connectivity index (χ0) is 15.2. The molecule has 0 bridgehead atoms. The summed E-state index contributed by atoms with van der Waals surface area (Å²) in [6.45, 7) is 2.19. The second-order valence-electron chi connectivity index (χ2n) is 5.50. The number of hydrogen-bond donors (Lipinski definition) is 0. The Morgan fingerprint density at radius 1 is 1.36 bits per heavy atom. The van der Waals surface area contributed by atoms with Gasteiger partial charge in [-0.05, 0) is 24.8 Å². The first-order chi connectivity index (χ1) is 10.8. The highest BCUT2D eigenvalue weighted by atomic mass is 32.1. The predicted octanol–water partition coefficient (Wildman–Crippen LogP) is 3.01. The Hall–Kier alpha value is -1.72. The van der Waals surface area contributed by atoms with E-state index in [1.165, 1.54) is 16.9 Å². The summed E-state index contributed by atoms with van der Waals surface area (Å²) >= 11 is 1.45. The summed E-state index contributed by atoms with van der Waals surface area (Å²) in [4.78, 5) is 18.1. The van der Waals surface area contributed by atoms with E-state index in [0.29, 0.717) is 12.2 Å². The van der Waals surface area contributed by atoms with Gasteiger partial charge in [-0.1, -0.05) is 30.3 Å². The second kappa shape index (κ2) is 7.51. The lowest BCUT2D eigenvalue weighted by Crippen LogP contribution is -2.30. The second-order valence-corrected chi connectivity index (χ2v) is 6.21. The van der Waals surface area contributed by atoms with Crippen LogP contribution >= 0.6 is 11.3 Å². The fourth-order valence-electron chi connectivity index (χ4n) is 2.70. The van der Waals surface area contributed by atoms with Gasteiger partial charge in [0.2, 0.25) is 0 Å². The van der Waals surface area contributed by atoms with E-state index < -0.39 is 0 Å². The minimum absolute atomic E-state index is 0.0247. The van der Waals surface area contributed by atoms with Gasteiger partial charge in [0.25, 0.3) is 5.91 Å². The number of carbonyl (C=O) groups excluding carboxylic acids is 1. The van der Waals surface area contributed by atoms with Crippen molar-refractivity contribution in [1.82, 2.24) is 9.88 Å². The summed E-state index contributed by atoms with van der Waals surface area (Å²) in [5.74, 6) is 0.0247. The first-order valence-electron chi connectivity index (χ1n) is 7.66. The number of ether oxygens (including phenoxy) is 1. The molecule has 3 rings (SSSR count). The van der Waals surface area contributed by atoms with Gasteiger partial charge >= 0.3 is 0 Å². The van der Waals surface area contributed by atoms with Gasteiger partial charge in [-0.2, -0.15) is 0 Å². The van der Waals surface area contributed by atoms with Crippen molar-refractivity contribution < 1.29 is 9.53 Å². The number of nitrogens with zero attached hydrogens (tertiary/aromatic N) is 2. The van der Waals surface area contributed by atoms with Crippen LogP contribution in [0.1, 0.15) is 28.9 Å². The molecule has 116 valence electrons. The molecule has 0 saturated carbocycles. The number of aryl methyl sites for hydroxylation is 1. The molecule has 1 atom stereocenters. The molecule has 0 spiro atoms. The van der Waals surface area contributed by atoms with Crippen LogP contribution in [0, 0.1) is 0 Å². The third-order valence-electron chi connectivity index (χ3n) is 3.89. The maximum absolute atomic E-state index is 12.2. The van der Waals surface area contributed by atoms with Crippen LogP contribution in [0.15, 0.2) is 41.2 Å². The Kier molecular flexibility index (Phi) is 5.19. The highest BCUT2D eigenvalue weighted by molar-refractivity contribution is 7.07. The quantitative estimate of drug-likeness (QED) is 0.769. The molecule has 1 aliphatic rings. The van der Waals surface area contributed by atoms with Crippen molar-refractivity contribution in [2.24, 2.45) is 0 Å². The molecule has 0 aliphatic carbocycles. The van der Waals surface area contributed by atoms with Gasteiger partial charge in [0.15, 0.2) is 0 Å². The van der Waals surface area contributed by atoms with Gasteiger partial charge in [0.1, 0.15) is 5.69 Å². The van der Waals surface area contributed by atoms with Crippen molar-refractivity contribution in [1.29, 1.82) is 0 Å². The molecule has 0 unspecified atom stereocenters. The van der Waals surface area contributed by atoms with Crippen LogP contribution in [0.25, 0.3) is 0 Å². The van der Waals surface area contributed by atoms with E-state index in [1.54, 1.807) is 10.9 Å². The summed E-state index contributed by atoms with van der Waals surface area (Å²) in [6, 6.07) is 10.4. The number of rotatable bonds is 6. The smallest absolute Gasteiger partial charge is 0.273 e. The lowest BCUT2D eigenvalue weighted by atomic mass is 10.1. The lowest BCUT2D eigenvalue weighted by Gasteiger charge is -2.15. The average molecular weight is 316 g/mol. The minimum Gasteiger partial charge on any atom is -0.376 e. The van der Waals surface area contributed by atoms with Crippen molar-refractivity contribution in [3.63, 3.8) is 0 Å². The normalized spacial score (nSPS) is 17.8. The Labute approximate surface area is 134 Å². The topological polar surface area (TPSA) is 42.4 Å². The fourth-order valence-corrected chi connectivity index (χ4v) is 3.23. The Balaban J connectivity index is 1.37. The largest absolute Gasteiger partial charge is 0.376 e. The Morgan fingerprint density at radius 3 is 3.00 bits per heavy atom. The van der Waals surface area contributed by atoms with Gasteiger partial charge < -0.3 is 9.64 Å². The van der Waals surface area contributed by atoms with Gasteiger partial charge in [-0.25, -0.2) is 4.98 Å². The van der Waals surface area contributed by atoms with Crippen LogP contribution < -0.4 is 0 Å². The van der Waals surface area contributed by atoms with Crippen LogP contribution in [-0.2, 0) is 11.2 Å². The predicted molar refractivity (Wildman–Crippen MR) is 87.1 cm³/mol. The van der Waals surface area contributed by atoms with E-state index in [0.717, 1.165) is 32.4 Å². The van der Waals surface area contributed by atoms with Crippen LogP contribution in [-0.4, -0.2) is 41.6 Å². The summed E-state index contributed by atoms with van der Waals surface area (Å²) < 4.78 is 5.91. The number of likely N-dealkylation sites (tertiary alicyclic amines) is 1. The molecule has 0 radical (unpaired) electrons. The lowest BCUT2D eigenvalue weighted by molar-refractivity contribution is 0.0523. The number of thiazole rings is 1. The van der Waals surface area contributed by atoms with E-state index in [9.17, 15) is 4.79 Å². The van der Waals surface area contributed by atoms with Crippen LogP contribution in [0.3, 0.4) is 0 Å². The van der Waals surface area contributed by atoms with Crippen molar-refractivity contribution in [2.45, 2.75) is 25.4 Å². The van der Waals surface area contributed by atoms with E-state index in [4.69, 9.17) is 4.74 Å². The Morgan fingerprint density at radius 2 is 2.23 bits per heavy atom. The third-order valence-corrected chi connectivity index (χ3v) is 4.48. The maximum Gasteiger partial charge on any atom is 0.273 e. The molecule has 5 heteroatoms. The zero-order valence-corrected chi connectivity index (χ0v) is 13.3. The van der Waals surface area contributed by atoms with Gasteiger partial charge in [-0.3, -0.25) is 4.79 Å². The average Bonchev–Trinajstić information content (AvgIpc) is 3.24. The number of aromatic nitrogens is 1. The zero-order valence-electron chi connectivity index (χ0n) is 12.5. The summed E-state index contributed by atoms with van der Waals surface area (Å²) in [7, 11) is 0. The molecule has 4 nitrogen and oxygen atoms in total. The van der Waals surface area contributed by atoms with Crippen LogP contribution in [0.5, 0.6) is 0 Å². The monoisotopic (exact) mass is 316 g/mol. The van der Waals surface area contributed by atoms with E-state index in [1.807, 2.05) is 11.0 Å². The molecule has 0 N–H and O–H groups in total. The first kappa shape index (κ1) is 15.2. The highest BCUT2D eigenvalue weighted by Crippen LogP contribution is 2.16. The molecule has 2 heterocycles. The number of amides is 1. The molecular weight excluding hydrogens is 296 g/mol. The van der Waals surface area contributed by atoms with E-state index in [-0.39, 0.29) is 12.0 Å². The maximum atomic E-state index is 12.2. The molecule has 1 aromatic carbocycles. The highest BCUT2D eigenvalue weighted by Gasteiger charge is 2.28. The standard InChI is InChI=1S/C17H20N2O2S/c20-17(16-12-22-13-18-16)19-9-8-15(11-19)21-10-4-7-14-5-2-1-3-6-14/h1-3,5-6,12-13,15H,4,7-11H2/t15-/m0/s1. The Bertz CT molecular complexity index is 586. The molecule has 1 saturated heterocycles. The van der Waals surface area contributed by atoms with E-state index >= 15 is 0 Å². The number of carbonyl (C=O) groups is 1. The van der Waals surface area contributed by atoms with Crippen LogP contribution in [0.4, 0.5) is 0 Å². The molecule has 1 amide bonds. The first-order valence-corrected chi connectivity index (χ1v) is 8.60. The number of benzene rings is 1. The van der Waals surface area contributed by atoms with Crippen molar-refractivity contribution >= 4 is 17.2 Å². The SMILES string of the molecule is O=C(c1cscn1)N1CC[C@H](OCCCc2ccccc2)C1. The van der Waals surface area contributed by atoms with Gasteiger partial charge in [-0.15, -0.1) is 11.3 Å². The number of hydrogen-bond acceptors (Lipinski definition) is 4. The fraction of sp³-hybridized carbons (Fsp3) is 0.412. The van der Waals surface area contributed by atoms with Gasteiger partial charge in [0.05, 0.1) is 11.6 Å². The van der Waals surface area contributed by atoms with Crippen molar-refractivity contribution in [3.05, 3.63) is 52.5 Å². The third kappa shape index (κ3) is 3.93. The molecule has 1 aromatic heterocycles. The van der Waals surface area contributed by atoms with Crippen molar-refractivity contribution in [2.75, 3.05) is 19.7 Å². The molecule has 1 aliphatic heterocycles. The van der Waals surface area contributed by atoms with Crippen LogP contribution in [0.2, 0.25) is 0 Å². The summed E-state index contributed by atoms with van der Waals surface area (Å²) in [5, 5.41) is 1.80. The minimum atomic E-state index is 0.0247. The summed E-state index contributed by atoms with van der Waals surface area (Å²) in [6.07, 6.45) is 3.13.